The molecule has 20 heteroatoms. The van der Waals surface area contributed by atoms with Crippen molar-refractivity contribution in [3.05, 3.63) is 57.6 Å². The molecule has 6 N–H and O–H groups in total. The molecule has 3 saturated heterocycles. The Morgan fingerprint density at radius 1 is 0.800 bits per heavy atom. The summed E-state index contributed by atoms with van der Waals surface area (Å²) >= 11 is 10.2. The van der Waals surface area contributed by atoms with Crippen LogP contribution in [0.15, 0.2) is 24.3 Å². The second kappa shape index (κ2) is 25.1. The molecule has 70 heavy (non-hydrogen) atoms. The zero-order valence-electron chi connectivity index (χ0n) is 41.8. The number of nitrogens with one attached hydrogen (secondary N) is 2. The van der Waals surface area contributed by atoms with Crippen molar-refractivity contribution >= 4 is 46.5 Å². The maximum absolute atomic E-state index is 13.4. The van der Waals surface area contributed by atoms with Crippen LogP contribution in [0, 0.1) is 11.8 Å². The van der Waals surface area contributed by atoms with Crippen LogP contribution in [0.4, 0.5) is 18.4 Å². The molecule has 0 aliphatic carbocycles. The number of nitrogens with two attached hydrogens (primary N) is 1. The zero-order chi connectivity index (χ0) is 51.7. The first-order chi connectivity index (χ1) is 33.0. The van der Waals surface area contributed by atoms with E-state index in [2.05, 4.69) is 20.4 Å². The molecule has 5 heterocycles. The maximum Gasteiger partial charge on any atom is 0.407 e. The molecule has 2 aromatic rings. The van der Waals surface area contributed by atoms with E-state index in [-0.39, 0.29) is 80.0 Å². The Kier molecular flexibility index (Phi) is 20.4. The van der Waals surface area contributed by atoms with Crippen LogP contribution < -0.4 is 25.8 Å². The van der Waals surface area contributed by atoms with Gasteiger partial charge in [0.15, 0.2) is 11.5 Å². The number of halogens is 4. The molecule has 5 aliphatic heterocycles. The zero-order valence-corrected chi connectivity index (χ0v) is 43.3. The van der Waals surface area contributed by atoms with Gasteiger partial charge in [-0.2, -0.15) is 0 Å². The Hall–Kier alpha value is -4.04. The fraction of sp³-hybridized carbons (Fsp3) is 0.680. The number of likely N-dealkylation sites (tertiary alicyclic amines) is 1. The molecule has 8 atom stereocenters. The van der Waals surface area contributed by atoms with E-state index < -0.39 is 47.9 Å². The third-order valence-electron chi connectivity index (χ3n) is 13.3. The number of hydrogen-bond donors (Lipinski definition) is 5. The molecule has 0 saturated carbocycles. The number of fused-ring (bicyclic) bond motifs is 6. The lowest BCUT2D eigenvalue weighted by Gasteiger charge is -2.49. The molecule has 16 nitrogen and oxygen atoms in total. The minimum atomic E-state index is -0.634. The van der Waals surface area contributed by atoms with E-state index in [1.807, 2.05) is 65.8 Å². The number of carbonyl (C=O) groups excluding carboxylic acids is 4. The summed E-state index contributed by atoms with van der Waals surface area (Å²) in [4.78, 5) is 54.3. The lowest BCUT2D eigenvalue weighted by Crippen LogP contribution is -2.62. The summed E-state index contributed by atoms with van der Waals surface area (Å²) in [6.07, 6.45) is 2.34. The number of carbonyl (C=O) groups is 4. The molecule has 0 unspecified atom stereocenters. The number of alkyl halides is 3. The largest absolute Gasteiger partial charge is 0.493 e. The van der Waals surface area contributed by atoms with E-state index >= 15 is 0 Å². The molecular formula is C50H74Cl2F2N6O10. The molecule has 0 aromatic heterocycles. The standard InChI is InChI=1S/C25H36FN3O5.C20H31N3O4.C5H7Cl2FO/c1-25(2,3)34-24(31)27-18-11-19-17-10-22(33-5)21(32-4)9-16(17)6-7-28(19)14-20(18)29-13-15(12-26)8-23(29)30;1-20(2,3)27-19(26)22-17-8-18-15-7-14(11-25)13(10-24)6-12(15)4-5-23(18)9-16(17)21;6-2-4(3-8)1-5(7)9/h9-10,15,18-20H,6-8,11-14H2,1-5H3,(H,27,31);6-7,16-18,24-25H,4-5,8-11,21H2,1-3H3,(H,22,26);4H,1-3H2/t15-,18+,19+,20+;16-,17-,18-;4-/m100/s1. The van der Waals surface area contributed by atoms with Gasteiger partial charge in [0.25, 0.3) is 0 Å². The number of piperidine rings is 2. The molecular weight excluding hydrogens is 953 g/mol. The van der Waals surface area contributed by atoms with E-state index in [1.165, 1.54) is 11.1 Å². The summed E-state index contributed by atoms with van der Waals surface area (Å²) in [6.45, 7) is 13.1. The Balaban J connectivity index is 0.000000226. The van der Waals surface area contributed by atoms with Crippen LogP contribution in [-0.2, 0) is 45.1 Å². The quantitative estimate of drug-likeness (QED) is 0.118. The third kappa shape index (κ3) is 15.0. The van der Waals surface area contributed by atoms with Gasteiger partial charge < -0.3 is 50.4 Å². The highest BCUT2D eigenvalue weighted by atomic mass is 35.5. The number of ether oxygens (including phenoxy) is 4. The van der Waals surface area contributed by atoms with Gasteiger partial charge >= 0.3 is 12.2 Å². The number of alkyl carbamates (subject to hydrolysis) is 2. The number of amides is 3. The molecule has 0 bridgehead atoms. The van der Waals surface area contributed by atoms with Gasteiger partial charge in [0.05, 0.1) is 58.9 Å². The monoisotopic (exact) mass is 1030 g/mol. The summed E-state index contributed by atoms with van der Waals surface area (Å²) in [5.74, 6) is 0.775. The van der Waals surface area contributed by atoms with Crippen molar-refractivity contribution in [3.63, 3.8) is 0 Å². The first-order valence-corrected chi connectivity index (χ1v) is 25.0. The predicted octanol–water partition coefficient (Wildman–Crippen LogP) is 6.25. The summed E-state index contributed by atoms with van der Waals surface area (Å²) in [5, 5.41) is 24.7. The Labute approximate surface area is 421 Å². The Morgan fingerprint density at radius 2 is 1.31 bits per heavy atom. The van der Waals surface area contributed by atoms with Crippen LogP contribution in [0.5, 0.6) is 11.5 Å². The lowest BCUT2D eigenvalue weighted by atomic mass is 9.82. The van der Waals surface area contributed by atoms with Crippen molar-refractivity contribution in [3.8, 4) is 11.5 Å². The molecule has 3 amide bonds. The first-order valence-electron chi connectivity index (χ1n) is 24.0. The van der Waals surface area contributed by atoms with Crippen LogP contribution >= 0.6 is 23.2 Å². The van der Waals surface area contributed by atoms with Gasteiger partial charge in [-0.25, -0.2) is 9.59 Å². The molecule has 0 spiro atoms. The van der Waals surface area contributed by atoms with E-state index in [0.717, 1.165) is 48.2 Å². The van der Waals surface area contributed by atoms with Crippen LogP contribution in [0.3, 0.4) is 0 Å². The predicted molar refractivity (Wildman–Crippen MR) is 263 cm³/mol. The van der Waals surface area contributed by atoms with Crippen LogP contribution in [0.25, 0.3) is 0 Å². The van der Waals surface area contributed by atoms with Crippen molar-refractivity contribution < 1.29 is 57.1 Å². The smallest absolute Gasteiger partial charge is 0.407 e. The SMILES string of the molecule is CC(C)(C)OC(=O)N[C@H]1C[C@H]2c3cc(CO)c(CO)cc3CCN2C[C@@H]1N.COc1cc2c(cc1OC)[C@@H]1C[C@H](NC(=O)OC(C)(C)C)[C@@H](N3C[C@@H](CF)CC3=O)CN1CC2.O=C(Cl)C[C@H](CF)CCl. The van der Waals surface area contributed by atoms with Crippen molar-refractivity contribution in [1.82, 2.24) is 25.3 Å². The number of aliphatic hydroxyl groups excluding tert-OH is 2. The van der Waals surface area contributed by atoms with Crippen molar-refractivity contribution in [2.45, 2.75) is 141 Å². The van der Waals surface area contributed by atoms with E-state index in [0.29, 0.717) is 44.0 Å². The van der Waals surface area contributed by atoms with Crippen molar-refractivity contribution in [1.29, 1.82) is 0 Å². The Bertz CT molecular complexity index is 2120. The normalized spacial score (nSPS) is 24.7. The fourth-order valence-corrected chi connectivity index (χ4v) is 10.4. The highest BCUT2D eigenvalue weighted by Crippen LogP contribution is 2.43. The number of rotatable bonds is 12. The second-order valence-electron chi connectivity index (χ2n) is 20.8. The number of nitrogens with zero attached hydrogens (tertiary/aromatic N) is 3. The number of benzene rings is 2. The molecule has 392 valence electrons. The topological polar surface area (TPSA) is 205 Å². The van der Waals surface area contributed by atoms with Crippen molar-refractivity contribution in [2.75, 3.05) is 66.2 Å². The first kappa shape index (κ1) is 56.9. The second-order valence-corrected chi connectivity index (χ2v) is 21.5. The minimum Gasteiger partial charge on any atom is -0.493 e. The minimum absolute atomic E-state index is 0.0293. The van der Waals surface area contributed by atoms with Gasteiger partial charge in [-0.05, 0) is 124 Å². The Morgan fingerprint density at radius 3 is 1.80 bits per heavy atom. The van der Waals surface area contributed by atoms with E-state index in [9.17, 15) is 38.2 Å². The summed E-state index contributed by atoms with van der Waals surface area (Å²) in [7, 11) is 3.25. The van der Waals surface area contributed by atoms with Gasteiger partial charge in [0.2, 0.25) is 11.1 Å². The average molecular weight is 1030 g/mol. The van der Waals surface area contributed by atoms with Crippen LogP contribution in [0.2, 0.25) is 0 Å². The molecule has 3 fully saturated rings. The average Bonchev–Trinajstić information content (AvgIpc) is 3.68. The van der Waals surface area contributed by atoms with Gasteiger partial charge in [0, 0.05) is 81.4 Å². The number of hydrogen-bond acceptors (Lipinski definition) is 13. The van der Waals surface area contributed by atoms with Crippen molar-refractivity contribution in [2.24, 2.45) is 17.6 Å². The maximum atomic E-state index is 13.4. The van der Waals surface area contributed by atoms with E-state index in [1.54, 1.807) is 19.1 Å². The molecule has 0 radical (unpaired) electrons. The summed E-state index contributed by atoms with van der Waals surface area (Å²) in [5.41, 5.74) is 11.4. The highest BCUT2D eigenvalue weighted by molar-refractivity contribution is 6.63. The number of aliphatic hydroxyl groups is 2. The van der Waals surface area contributed by atoms with E-state index in [4.69, 9.17) is 47.9 Å². The molecule has 2 aromatic carbocycles. The van der Waals surface area contributed by atoms with Crippen LogP contribution in [-0.4, -0.2) is 150 Å². The van der Waals surface area contributed by atoms with Gasteiger partial charge in [-0.3, -0.25) is 28.2 Å². The number of methoxy groups -OCH3 is 2. The summed E-state index contributed by atoms with van der Waals surface area (Å²) < 4.78 is 47.0. The van der Waals surface area contributed by atoms with Gasteiger partial charge in [-0.1, -0.05) is 12.1 Å². The fourth-order valence-electron chi connectivity index (χ4n) is 10.0. The molecule has 5 aliphatic rings. The summed E-state index contributed by atoms with van der Waals surface area (Å²) in [6, 6.07) is 7.33. The lowest BCUT2D eigenvalue weighted by molar-refractivity contribution is -0.132. The molecule has 7 rings (SSSR count). The third-order valence-corrected chi connectivity index (χ3v) is 13.9. The van der Waals surface area contributed by atoms with Crippen LogP contribution in [0.1, 0.15) is 113 Å². The highest BCUT2D eigenvalue weighted by Gasteiger charge is 2.46. The van der Waals surface area contributed by atoms with Gasteiger partial charge in [0.1, 0.15) is 11.2 Å². The van der Waals surface area contributed by atoms with Gasteiger partial charge in [-0.15, -0.1) is 11.6 Å².